The lowest BCUT2D eigenvalue weighted by molar-refractivity contribution is -0.129. The summed E-state index contributed by atoms with van der Waals surface area (Å²) in [6.45, 7) is 0. The predicted molar refractivity (Wildman–Crippen MR) is 95.0 cm³/mol. The highest BCUT2D eigenvalue weighted by atomic mass is 16.5. The lowest BCUT2D eigenvalue weighted by atomic mass is 10.0. The average molecular weight is 373 g/mol. The van der Waals surface area contributed by atoms with E-state index in [0.29, 0.717) is 28.7 Å². The van der Waals surface area contributed by atoms with Gasteiger partial charge in [-0.15, -0.1) is 0 Å². The van der Waals surface area contributed by atoms with Gasteiger partial charge in [-0.3, -0.25) is 14.4 Å². The molecular formula is C18H19N3O6. The molecule has 1 aliphatic rings. The van der Waals surface area contributed by atoms with E-state index in [-0.39, 0.29) is 18.7 Å². The van der Waals surface area contributed by atoms with Gasteiger partial charge in [-0.1, -0.05) is 0 Å². The zero-order valence-corrected chi connectivity index (χ0v) is 14.6. The summed E-state index contributed by atoms with van der Waals surface area (Å²) in [5, 5.41) is 5.68. The lowest BCUT2D eigenvalue weighted by Crippen LogP contribution is -2.51. The second-order valence-electron chi connectivity index (χ2n) is 6.28. The van der Waals surface area contributed by atoms with E-state index in [1.54, 1.807) is 18.2 Å². The Labute approximate surface area is 153 Å². The van der Waals surface area contributed by atoms with Gasteiger partial charge >= 0.3 is 5.63 Å². The Morgan fingerprint density at radius 1 is 1.37 bits per heavy atom. The Kier molecular flexibility index (Phi) is 5.11. The van der Waals surface area contributed by atoms with Crippen molar-refractivity contribution in [3.8, 4) is 5.75 Å². The van der Waals surface area contributed by atoms with E-state index < -0.39 is 29.5 Å². The fourth-order valence-corrected chi connectivity index (χ4v) is 3.03. The molecule has 9 heteroatoms. The summed E-state index contributed by atoms with van der Waals surface area (Å²) in [6.07, 6.45) is 0.621. The molecule has 1 fully saturated rings. The molecule has 0 spiro atoms. The third-order valence-electron chi connectivity index (χ3n) is 4.43. The van der Waals surface area contributed by atoms with Crippen molar-refractivity contribution in [1.29, 1.82) is 0 Å². The van der Waals surface area contributed by atoms with Crippen molar-refractivity contribution in [1.82, 2.24) is 10.6 Å². The molecule has 4 N–H and O–H groups in total. The van der Waals surface area contributed by atoms with E-state index >= 15 is 0 Å². The molecule has 1 aromatic heterocycles. The highest BCUT2D eigenvalue weighted by Crippen LogP contribution is 2.23. The van der Waals surface area contributed by atoms with Gasteiger partial charge in [0.2, 0.25) is 17.7 Å². The van der Waals surface area contributed by atoms with Gasteiger partial charge in [0.25, 0.3) is 0 Å². The molecule has 1 aromatic carbocycles. The molecule has 0 unspecified atom stereocenters. The predicted octanol–water partition coefficient (Wildman–Crippen LogP) is -0.407. The van der Waals surface area contributed by atoms with E-state index in [0.717, 1.165) is 0 Å². The molecule has 2 atom stereocenters. The summed E-state index contributed by atoms with van der Waals surface area (Å²) in [6, 6.07) is 4.48. The van der Waals surface area contributed by atoms with Crippen molar-refractivity contribution >= 4 is 28.7 Å². The van der Waals surface area contributed by atoms with Gasteiger partial charge < -0.3 is 25.5 Å². The van der Waals surface area contributed by atoms with Crippen LogP contribution >= 0.6 is 0 Å². The van der Waals surface area contributed by atoms with Gasteiger partial charge in [0.05, 0.1) is 7.11 Å². The van der Waals surface area contributed by atoms with Crippen LogP contribution in [0.5, 0.6) is 5.75 Å². The van der Waals surface area contributed by atoms with Gasteiger partial charge in [-0.2, -0.15) is 0 Å². The molecule has 0 saturated carbocycles. The molecule has 9 nitrogen and oxygen atoms in total. The highest BCUT2D eigenvalue weighted by molar-refractivity contribution is 5.94. The first-order valence-electron chi connectivity index (χ1n) is 8.37. The molecule has 3 rings (SSSR count). The van der Waals surface area contributed by atoms with Crippen LogP contribution in [-0.4, -0.2) is 36.9 Å². The minimum atomic E-state index is -1.04. The van der Waals surface area contributed by atoms with Gasteiger partial charge in [0.15, 0.2) is 0 Å². The topological polar surface area (TPSA) is 141 Å². The van der Waals surface area contributed by atoms with Crippen LogP contribution in [0.15, 0.2) is 33.5 Å². The molecule has 2 aromatic rings. The van der Waals surface area contributed by atoms with Crippen molar-refractivity contribution in [2.24, 2.45) is 5.73 Å². The van der Waals surface area contributed by atoms with E-state index in [9.17, 15) is 19.2 Å². The molecule has 0 radical (unpaired) electrons. The van der Waals surface area contributed by atoms with Gasteiger partial charge in [-0.05, 0) is 24.1 Å². The number of ether oxygens (including phenoxy) is 1. The molecule has 142 valence electrons. The second kappa shape index (κ2) is 7.48. The summed E-state index contributed by atoms with van der Waals surface area (Å²) < 4.78 is 10.3. The summed E-state index contributed by atoms with van der Waals surface area (Å²) >= 11 is 0. The SMILES string of the molecule is COc1ccc2c(C[C@H](NC(=O)[C@@H]3CCC(=O)N3)C(N)=O)cc(=O)oc2c1. The quantitative estimate of drug-likeness (QED) is 0.588. The minimum Gasteiger partial charge on any atom is -0.497 e. The zero-order chi connectivity index (χ0) is 19.6. The summed E-state index contributed by atoms with van der Waals surface area (Å²) in [5.41, 5.74) is 5.63. The van der Waals surface area contributed by atoms with E-state index in [1.807, 2.05) is 0 Å². The first kappa shape index (κ1) is 18.4. The smallest absolute Gasteiger partial charge is 0.336 e. The Hall–Kier alpha value is -3.36. The highest BCUT2D eigenvalue weighted by Gasteiger charge is 2.30. The maximum absolute atomic E-state index is 12.3. The number of rotatable bonds is 6. The van der Waals surface area contributed by atoms with Crippen LogP contribution in [0.1, 0.15) is 18.4 Å². The molecular weight excluding hydrogens is 354 g/mol. The maximum atomic E-state index is 12.3. The maximum Gasteiger partial charge on any atom is 0.336 e. The second-order valence-corrected chi connectivity index (χ2v) is 6.28. The molecule has 27 heavy (non-hydrogen) atoms. The van der Waals surface area contributed by atoms with E-state index in [1.165, 1.54) is 13.2 Å². The normalized spacial score (nSPS) is 17.4. The van der Waals surface area contributed by atoms with Crippen LogP contribution in [0.4, 0.5) is 0 Å². The number of nitrogens with two attached hydrogens (primary N) is 1. The summed E-state index contributed by atoms with van der Waals surface area (Å²) in [5.74, 6) is -0.938. The van der Waals surface area contributed by atoms with Crippen LogP contribution in [0, 0.1) is 0 Å². The van der Waals surface area contributed by atoms with Crippen molar-refractivity contribution in [2.75, 3.05) is 7.11 Å². The van der Waals surface area contributed by atoms with Crippen LogP contribution in [0.3, 0.4) is 0 Å². The fraction of sp³-hybridized carbons (Fsp3) is 0.333. The van der Waals surface area contributed by atoms with Gasteiger partial charge in [-0.25, -0.2) is 4.79 Å². The standard InChI is InChI=1S/C18H19N3O6/c1-26-10-2-3-11-9(7-16(23)27-14(11)8-10)6-13(17(19)24)21-18(25)12-4-5-15(22)20-12/h2-3,7-8,12-13H,4-6H2,1H3,(H2,19,24)(H,20,22)(H,21,25)/t12-,13-/m0/s1. The summed E-state index contributed by atoms with van der Waals surface area (Å²) in [7, 11) is 1.49. The Bertz CT molecular complexity index is 967. The number of amides is 3. The first-order chi connectivity index (χ1) is 12.9. The van der Waals surface area contributed by atoms with E-state index in [4.69, 9.17) is 14.9 Å². The molecule has 0 aliphatic carbocycles. The van der Waals surface area contributed by atoms with Crippen molar-refractivity contribution in [2.45, 2.75) is 31.3 Å². The fourth-order valence-electron chi connectivity index (χ4n) is 3.03. The third-order valence-corrected chi connectivity index (χ3v) is 4.43. The van der Waals surface area contributed by atoms with Crippen molar-refractivity contribution < 1.29 is 23.5 Å². The van der Waals surface area contributed by atoms with E-state index in [2.05, 4.69) is 10.6 Å². The Balaban J connectivity index is 1.86. The number of hydrogen-bond donors (Lipinski definition) is 3. The molecule has 1 aliphatic heterocycles. The van der Waals surface area contributed by atoms with Gasteiger partial charge in [0.1, 0.15) is 23.4 Å². The molecule has 1 saturated heterocycles. The number of primary amides is 1. The largest absolute Gasteiger partial charge is 0.497 e. The monoisotopic (exact) mass is 373 g/mol. The van der Waals surface area contributed by atoms with Crippen LogP contribution < -0.4 is 26.7 Å². The molecule has 0 bridgehead atoms. The number of carbonyl (C=O) groups is 3. The minimum absolute atomic E-state index is 0.0101. The van der Waals surface area contributed by atoms with Gasteiger partial charge in [0, 0.05) is 30.4 Å². The zero-order valence-electron chi connectivity index (χ0n) is 14.6. The lowest BCUT2D eigenvalue weighted by Gasteiger charge is -2.19. The van der Waals surface area contributed by atoms with Crippen LogP contribution in [0.25, 0.3) is 11.0 Å². The summed E-state index contributed by atoms with van der Waals surface area (Å²) in [4.78, 5) is 47.2. The first-order valence-corrected chi connectivity index (χ1v) is 8.37. The Morgan fingerprint density at radius 3 is 2.78 bits per heavy atom. The molecule has 3 amide bonds. The third kappa shape index (κ3) is 4.08. The van der Waals surface area contributed by atoms with Crippen LogP contribution in [-0.2, 0) is 20.8 Å². The number of benzene rings is 1. The number of carbonyl (C=O) groups excluding carboxylic acids is 3. The number of fused-ring (bicyclic) bond motifs is 1. The Morgan fingerprint density at radius 2 is 2.15 bits per heavy atom. The van der Waals surface area contributed by atoms with Crippen molar-refractivity contribution in [3.63, 3.8) is 0 Å². The number of methoxy groups -OCH3 is 1. The number of nitrogens with one attached hydrogen (secondary N) is 2. The molecule has 2 heterocycles. The van der Waals surface area contributed by atoms with Crippen LogP contribution in [0.2, 0.25) is 0 Å². The van der Waals surface area contributed by atoms with Crippen molar-refractivity contribution in [3.05, 3.63) is 40.2 Å². The average Bonchev–Trinajstić information content (AvgIpc) is 3.06. The number of hydrogen-bond acceptors (Lipinski definition) is 6.